The lowest BCUT2D eigenvalue weighted by molar-refractivity contribution is 0.151. The second kappa shape index (κ2) is 6.82. The molecule has 1 aromatic carbocycles. The normalized spacial score (nSPS) is 21.0. The van der Waals surface area contributed by atoms with Crippen LogP contribution in [0.2, 0.25) is 0 Å². The van der Waals surface area contributed by atoms with Crippen molar-refractivity contribution < 1.29 is 4.39 Å². The highest BCUT2D eigenvalue weighted by Crippen LogP contribution is 2.29. The van der Waals surface area contributed by atoms with Gasteiger partial charge in [0.1, 0.15) is 5.82 Å². The predicted octanol–water partition coefficient (Wildman–Crippen LogP) is 3.72. The molecule has 1 N–H and O–H groups in total. The lowest BCUT2D eigenvalue weighted by Crippen LogP contribution is -2.39. The van der Waals surface area contributed by atoms with Gasteiger partial charge in [-0.15, -0.1) is 0 Å². The molecule has 0 bridgehead atoms. The lowest BCUT2D eigenvalue weighted by Gasteiger charge is -2.34. The number of nitrogens with zero attached hydrogens (tertiary/aromatic N) is 1. The summed E-state index contributed by atoms with van der Waals surface area (Å²) in [6.45, 7) is 7.39. The van der Waals surface area contributed by atoms with E-state index in [9.17, 15) is 4.39 Å². The van der Waals surface area contributed by atoms with Crippen molar-refractivity contribution in [1.82, 2.24) is 10.2 Å². The van der Waals surface area contributed by atoms with Gasteiger partial charge in [-0.05, 0) is 51.1 Å². The van der Waals surface area contributed by atoms with Crippen molar-refractivity contribution in [3.05, 3.63) is 34.1 Å². The fourth-order valence-corrected chi connectivity index (χ4v) is 3.27. The van der Waals surface area contributed by atoms with Gasteiger partial charge in [-0.3, -0.25) is 4.90 Å². The topological polar surface area (TPSA) is 15.3 Å². The van der Waals surface area contributed by atoms with Crippen LogP contribution in [-0.4, -0.2) is 30.6 Å². The third-order valence-electron chi connectivity index (χ3n) is 3.89. The van der Waals surface area contributed by atoms with Crippen LogP contribution >= 0.6 is 15.9 Å². The molecule has 0 amide bonds. The van der Waals surface area contributed by atoms with Crippen LogP contribution in [-0.2, 0) is 0 Å². The average molecular weight is 329 g/mol. The molecule has 0 spiro atoms. The number of halogens is 2. The van der Waals surface area contributed by atoms with Crippen LogP contribution in [0.1, 0.15) is 38.3 Å². The quantitative estimate of drug-likeness (QED) is 0.886. The Morgan fingerprint density at radius 3 is 2.95 bits per heavy atom. The minimum Gasteiger partial charge on any atom is -0.315 e. The van der Waals surface area contributed by atoms with Gasteiger partial charge in [0.2, 0.25) is 0 Å². The highest BCUT2D eigenvalue weighted by atomic mass is 79.9. The molecule has 1 aliphatic heterocycles. The summed E-state index contributed by atoms with van der Waals surface area (Å²) in [5, 5.41) is 3.40. The van der Waals surface area contributed by atoms with Crippen LogP contribution in [0.5, 0.6) is 0 Å². The fraction of sp³-hybridized carbons (Fsp3) is 0.600. The van der Waals surface area contributed by atoms with E-state index >= 15 is 0 Å². The van der Waals surface area contributed by atoms with Crippen LogP contribution in [0.3, 0.4) is 0 Å². The number of hydrogen-bond acceptors (Lipinski definition) is 2. The standard InChI is InChI=1S/C15H22BrFN2/c1-3-8-19(13-6-7-18-10-13)11(2)14-9-12(16)4-5-15(14)17/h4-5,9,11,13,18H,3,6-8,10H2,1-2H3. The zero-order valence-electron chi connectivity index (χ0n) is 11.6. The van der Waals surface area contributed by atoms with Crippen LogP contribution in [0, 0.1) is 5.82 Å². The molecule has 1 heterocycles. The zero-order valence-corrected chi connectivity index (χ0v) is 13.2. The Bertz CT molecular complexity index is 419. The Hall–Kier alpha value is -0.450. The Kier molecular flexibility index (Phi) is 5.37. The van der Waals surface area contributed by atoms with E-state index in [4.69, 9.17) is 0 Å². The number of nitrogens with one attached hydrogen (secondary N) is 1. The molecule has 0 aromatic heterocycles. The molecule has 106 valence electrons. The highest BCUT2D eigenvalue weighted by molar-refractivity contribution is 9.10. The van der Waals surface area contributed by atoms with E-state index in [0.717, 1.165) is 42.5 Å². The van der Waals surface area contributed by atoms with Crippen molar-refractivity contribution >= 4 is 15.9 Å². The van der Waals surface area contributed by atoms with Crippen molar-refractivity contribution in [3.8, 4) is 0 Å². The molecule has 0 radical (unpaired) electrons. The van der Waals surface area contributed by atoms with E-state index in [-0.39, 0.29) is 11.9 Å². The van der Waals surface area contributed by atoms with Crippen LogP contribution in [0.15, 0.2) is 22.7 Å². The second-order valence-electron chi connectivity index (χ2n) is 5.23. The maximum absolute atomic E-state index is 14.0. The highest BCUT2D eigenvalue weighted by Gasteiger charge is 2.27. The van der Waals surface area contributed by atoms with Crippen LogP contribution in [0.25, 0.3) is 0 Å². The SMILES string of the molecule is CCCN(C1CCNC1)C(C)c1cc(Br)ccc1F. The molecule has 19 heavy (non-hydrogen) atoms. The molecule has 2 rings (SSSR count). The van der Waals surface area contributed by atoms with Gasteiger partial charge in [-0.25, -0.2) is 4.39 Å². The first-order valence-corrected chi connectivity index (χ1v) is 7.84. The van der Waals surface area contributed by atoms with Gasteiger partial charge >= 0.3 is 0 Å². The maximum Gasteiger partial charge on any atom is 0.128 e. The van der Waals surface area contributed by atoms with E-state index in [2.05, 4.69) is 40.0 Å². The summed E-state index contributed by atoms with van der Waals surface area (Å²) in [6, 6.07) is 5.85. The third kappa shape index (κ3) is 3.56. The first-order chi connectivity index (χ1) is 9.13. The first kappa shape index (κ1) is 14.9. The van der Waals surface area contributed by atoms with Crippen molar-refractivity contribution in [2.75, 3.05) is 19.6 Å². The molecule has 1 saturated heterocycles. The van der Waals surface area contributed by atoms with Crippen LogP contribution < -0.4 is 5.32 Å². The van der Waals surface area contributed by atoms with E-state index in [1.165, 1.54) is 0 Å². The second-order valence-corrected chi connectivity index (χ2v) is 6.14. The summed E-state index contributed by atoms with van der Waals surface area (Å²) < 4.78 is 15.0. The number of benzene rings is 1. The number of hydrogen-bond donors (Lipinski definition) is 1. The van der Waals surface area contributed by atoms with Crippen molar-refractivity contribution in [2.45, 2.75) is 38.8 Å². The van der Waals surface area contributed by atoms with Crippen molar-refractivity contribution in [1.29, 1.82) is 0 Å². The summed E-state index contributed by atoms with van der Waals surface area (Å²) in [5.74, 6) is -0.109. The van der Waals surface area contributed by atoms with E-state index < -0.39 is 0 Å². The lowest BCUT2D eigenvalue weighted by atomic mass is 10.0. The molecular weight excluding hydrogens is 307 g/mol. The molecule has 1 aromatic rings. The van der Waals surface area contributed by atoms with Gasteiger partial charge in [0.15, 0.2) is 0 Å². The molecule has 1 aliphatic rings. The summed E-state index contributed by atoms with van der Waals surface area (Å²) in [4.78, 5) is 2.44. The fourth-order valence-electron chi connectivity index (χ4n) is 2.89. The maximum atomic E-state index is 14.0. The molecule has 0 saturated carbocycles. The monoisotopic (exact) mass is 328 g/mol. The molecule has 0 aliphatic carbocycles. The molecule has 1 fully saturated rings. The Morgan fingerprint density at radius 2 is 2.32 bits per heavy atom. The predicted molar refractivity (Wildman–Crippen MR) is 80.8 cm³/mol. The van der Waals surface area contributed by atoms with Gasteiger partial charge in [0.25, 0.3) is 0 Å². The summed E-state index contributed by atoms with van der Waals surface area (Å²) in [6.07, 6.45) is 2.25. The van der Waals surface area contributed by atoms with Crippen molar-refractivity contribution in [2.24, 2.45) is 0 Å². The van der Waals surface area contributed by atoms with Crippen LogP contribution in [0.4, 0.5) is 4.39 Å². The molecule has 2 nitrogen and oxygen atoms in total. The summed E-state index contributed by atoms with van der Waals surface area (Å²) in [5.41, 5.74) is 0.787. The Morgan fingerprint density at radius 1 is 1.53 bits per heavy atom. The number of rotatable bonds is 5. The minimum absolute atomic E-state index is 0.109. The van der Waals surface area contributed by atoms with Gasteiger partial charge in [-0.1, -0.05) is 22.9 Å². The van der Waals surface area contributed by atoms with Gasteiger partial charge in [0, 0.05) is 28.7 Å². The van der Waals surface area contributed by atoms with E-state index in [1.54, 1.807) is 12.1 Å². The first-order valence-electron chi connectivity index (χ1n) is 7.05. The smallest absolute Gasteiger partial charge is 0.128 e. The summed E-state index contributed by atoms with van der Waals surface area (Å²) in [7, 11) is 0. The van der Waals surface area contributed by atoms with Gasteiger partial charge < -0.3 is 5.32 Å². The summed E-state index contributed by atoms with van der Waals surface area (Å²) >= 11 is 3.44. The Balaban J connectivity index is 2.22. The van der Waals surface area contributed by atoms with Crippen molar-refractivity contribution in [3.63, 3.8) is 0 Å². The minimum atomic E-state index is -0.109. The molecule has 2 unspecified atom stereocenters. The Labute approximate surface area is 123 Å². The van der Waals surface area contributed by atoms with E-state index in [1.807, 2.05) is 6.07 Å². The molecule has 4 heteroatoms. The van der Waals surface area contributed by atoms with Gasteiger partial charge in [0.05, 0.1) is 0 Å². The largest absolute Gasteiger partial charge is 0.315 e. The molecule has 2 atom stereocenters. The van der Waals surface area contributed by atoms with E-state index in [0.29, 0.717) is 6.04 Å². The molecular formula is C15H22BrFN2. The van der Waals surface area contributed by atoms with Gasteiger partial charge in [-0.2, -0.15) is 0 Å². The third-order valence-corrected chi connectivity index (χ3v) is 4.38. The zero-order chi connectivity index (χ0) is 13.8. The average Bonchev–Trinajstić information content (AvgIpc) is 2.92.